The molecule has 0 unspecified atom stereocenters. The van der Waals surface area contributed by atoms with Gasteiger partial charge >= 0.3 is 6.09 Å². The van der Waals surface area contributed by atoms with Crippen LogP contribution in [0, 0.1) is 17.1 Å². The monoisotopic (exact) mass is 519 g/mol. The lowest BCUT2D eigenvalue weighted by molar-refractivity contribution is -0.118. The normalized spacial score (nSPS) is 15.1. The van der Waals surface area contributed by atoms with E-state index in [1.807, 2.05) is 5.32 Å². The zero-order valence-corrected chi connectivity index (χ0v) is 19.5. The molecule has 0 atom stereocenters. The van der Waals surface area contributed by atoms with E-state index in [1.54, 1.807) is 19.1 Å². The summed E-state index contributed by atoms with van der Waals surface area (Å²) in [5.74, 6) is -2.20. The van der Waals surface area contributed by atoms with Gasteiger partial charge in [-0.05, 0) is 44.0 Å². The lowest BCUT2D eigenvalue weighted by Crippen LogP contribution is -2.36. The Labute approximate surface area is 208 Å². The maximum absolute atomic E-state index is 15.2. The van der Waals surface area contributed by atoms with Gasteiger partial charge in [-0.15, -0.1) is 0 Å². The molecule has 13 heteroatoms. The van der Waals surface area contributed by atoms with E-state index < -0.39 is 28.9 Å². The first-order valence-corrected chi connectivity index (χ1v) is 11.0. The second-order valence-corrected chi connectivity index (χ2v) is 8.38. The van der Waals surface area contributed by atoms with Crippen molar-refractivity contribution in [1.29, 1.82) is 5.26 Å². The molecule has 35 heavy (non-hydrogen) atoms. The number of alkyl carbamates (subject to hydrolysis) is 1. The molecule has 0 radical (unpaired) electrons. The molecule has 1 aliphatic carbocycles. The molecule has 1 heterocycles. The highest BCUT2D eigenvalue weighted by atomic mass is 35.5. The van der Waals surface area contributed by atoms with Crippen LogP contribution in [-0.2, 0) is 19.7 Å². The SMILES string of the molecule is CCOC(=O)NC(=O)C(C#N)=NNc1cc(Cl)c(Oc2ccc3c(c2F)C2(CC2)C(=O)N3)c(Cl)c1. The van der Waals surface area contributed by atoms with Crippen LogP contribution in [0.5, 0.6) is 11.5 Å². The molecule has 2 aromatic carbocycles. The van der Waals surface area contributed by atoms with Gasteiger partial charge in [0, 0.05) is 11.3 Å². The van der Waals surface area contributed by atoms with E-state index in [0.717, 1.165) is 0 Å². The molecule has 10 nitrogen and oxygen atoms in total. The molecule has 1 aliphatic heterocycles. The molecular weight excluding hydrogens is 504 g/mol. The maximum Gasteiger partial charge on any atom is 0.414 e. The molecule has 1 saturated carbocycles. The summed E-state index contributed by atoms with van der Waals surface area (Å²) in [7, 11) is 0. The Hall–Kier alpha value is -3.88. The van der Waals surface area contributed by atoms with Crippen molar-refractivity contribution in [3.8, 4) is 17.6 Å². The van der Waals surface area contributed by atoms with E-state index >= 15 is 4.39 Å². The van der Waals surface area contributed by atoms with Gasteiger partial charge in [0.15, 0.2) is 17.3 Å². The molecule has 3 N–H and O–H groups in total. The first-order valence-electron chi connectivity index (χ1n) is 10.2. The number of amides is 3. The number of benzene rings is 2. The first-order chi connectivity index (χ1) is 16.7. The van der Waals surface area contributed by atoms with Crippen molar-refractivity contribution in [2.24, 2.45) is 5.10 Å². The smallest absolute Gasteiger partial charge is 0.414 e. The number of hydrazone groups is 1. The number of ether oxygens (including phenoxy) is 2. The number of nitrogens with zero attached hydrogens (tertiary/aromatic N) is 2. The van der Waals surface area contributed by atoms with Gasteiger partial charge in [-0.25, -0.2) is 9.18 Å². The summed E-state index contributed by atoms with van der Waals surface area (Å²) in [6.45, 7) is 1.58. The molecule has 1 fully saturated rings. The van der Waals surface area contributed by atoms with Crippen LogP contribution in [0.1, 0.15) is 25.3 Å². The third kappa shape index (κ3) is 4.58. The number of carbonyl (C=O) groups excluding carboxylic acids is 3. The number of hydrogen-bond donors (Lipinski definition) is 3. The quantitative estimate of drug-likeness (QED) is 0.377. The summed E-state index contributed by atoms with van der Waals surface area (Å²) in [6, 6.07) is 7.10. The molecule has 2 aromatic rings. The van der Waals surface area contributed by atoms with Crippen LogP contribution < -0.4 is 20.8 Å². The van der Waals surface area contributed by atoms with Gasteiger partial charge < -0.3 is 14.8 Å². The van der Waals surface area contributed by atoms with E-state index in [9.17, 15) is 14.4 Å². The van der Waals surface area contributed by atoms with Crippen LogP contribution in [0.25, 0.3) is 0 Å². The zero-order chi connectivity index (χ0) is 25.3. The van der Waals surface area contributed by atoms with Gasteiger partial charge in [0.1, 0.15) is 6.07 Å². The Morgan fingerprint density at radius 2 is 1.97 bits per heavy atom. The van der Waals surface area contributed by atoms with Gasteiger partial charge in [0.2, 0.25) is 11.6 Å². The summed E-state index contributed by atoms with van der Waals surface area (Å²) >= 11 is 12.5. The summed E-state index contributed by atoms with van der Waals surface area (Å²) < 4.78 is 25.5. The minimum atomic E-state index is -1.08. The number of rotatable bonds is 6. The Morgan fingerprint density at radius 3 is 2.57 bits per heavy atom. The molecule has 2 aliphatic rings. The number of nitrogens with one attached hydrogen (secondary N) is 3. The van der Waals surface area contributed by atoms with Crippen LogP contribution in [0.2, 0.25) is 10.0 Å². The molecule has 4 rings (SSSR count). The topological polar surface area (TPSA) is 142 Å². The number of nitriles is 1. The van der Waals surface area contributed by atoms with E-state index in [4.69, 9.17) is 33.2 Å². The molecule has 1 spiro atoms. The fraction of sp³-hybridized carbons (Fsp3) is 0.227. The third-order valence-electron chi connectivity index (χ3n) is 5.34. The van der Waals surface area contributed by atoms with Crippen LogP contribution in [-0.4, -0.2) is 30.2 Å². The lowest BCUT2D eigenvalue weighted by atomic mass is 9.97. The molecular formula is C22H16Cl2FN5O5. The largest absolute Gasteiger partial charge is 0.451 e. The average Bonchev–Trinajstić information content (AvgIpc) is 3.54. The lowest BCUT2D eigenvalue weighted by Gasteiger charge is -2.14. The average molecular weight is 520 g/mol. The predicted octanol–water partition coefficient (Wildman–Crippen LogP) is 4.47. The Bertz CT molecular complexity index is 1310. The highest BCUT2D eigenvalue weighted by Gasteiger charge is 2.58. The highest BCUT2D eigenvalue weighted by molar-refractivity contribution is 6.47. The highest BCUT2D eigenvalue weighted by Crippen LogP contribution is 2.57. The van der Waals surface area contributed by atoms with Crippen molar-refractivity contribution in [2.75, 3.05) is 17.3 Å². The number of carbonyl (C=O) groups is 3. The molecule has 3 amide bonds. The minimum absolute atomic E-state index is 0.0279. The summed E-state index contributed by atoms with van der Waals surface area (Å²) in [6.07, 6.45) is 0.0772. The third-order valence-corrected chi connectivity index (χ3v) is 5.90. The predicted molar refractivity (Wildman–Crippen MR) is 124 cm³/mol. The van der Waals surface area contributed by atoms with Crippen molar-refractivity contribution in [3.63, 3.8) is 0 Å². The van der Waals surface area contributed by atoms with E-state index in [1.165, 1.54) is 18.2 Å². The van der Waals surface area contributed by atoms with Crippen molar-refractivity contribution >= 4 is 58.2 Å². The van der Waals surface area contributed by atoms with Gasteiger partial charge in [-0.2, -0.15) is 10.4 Å². The van der Waals surface area contributed by atoms with Crippen molar-refractivity contribution < 1.29 is 28.2 Å². The summed E-state index contributed by atoms with van der Waals surface area (Å²) in [5.41, 5.74) is 1.77. The van der Waals surface area contributed by atoms with Crippen LogP contribution >= 0.6 is 23.2 Å². The summed E-state index contributed by atoms with van der Waals surface area (Å²) in [5, 5.41) is 17.2. The van der Waals surface area contributed by atoms with Gasteiger partial charge in [0.05, 0.1) is 27.8 Å². The van der Waals surface area contributed by atoms with Gasteiger partial charge in [-0.3, -0.25) is 20.3 Å². The standard InChI is InChI=1S/C22H16Cl2FN5O5/c1-2-34-21(33)28-19(31)14(9-26)30-29-10-7-11(23)18(12(24)8-10)35-15-4-3-13-16(17(15)25)22(5-6-22)20(32)27-13/h3-4,7-8,29H,2,5-6H2,1H3,(H,27,32)(H,28,31,33). The minimum Gasteiger partial charge on any atom is -0.451 e. The fourth-order valence-corrected chi connectivity index (χ4v) is 4.13. The second-order valence-electron chi connectivity index (χ2n) is 7.57. The van der Waals surface area contributed by atoms with Gasteiger partial charge in [0.25, 0.3) is 5.91 Å². The molecule has 0 saturated heterocycles. The van der Waals surface area contributed by atoms with Crippen LogP contribution in [0.15, 0.2) is 29.4 Å². The second kappa shape index (κ2) is 9.40. The van der Waals surface area contributed by atoms with Crippen molar-refractivity contribution in [3.05, 3.63) is 45.7 Å². The van der Waals surface area contributed by atoms with E-state index in [0.29, 0.717) is 18.5 Å². The summed E-state index contributed by atoms with van der Waals surface area (Å²) in [4.78, 5) is 35.4. The van der Waals surface area contributed by atoms with Crippen molar-refractivity contribution in [2.45, 2.75) is 25.2 Å². The fourth-order valence-electron chi connectivity index (χ4n) is 3.56. The number of anilines is 2. The number of imide groups is 1. The number of hydrogen-bond acceptors (Lipinski definition) is 8. The Kier molecular flexibility index (Phi) is 6.51. The van der Waals surface area contributed by atoms with Gasteiger partial charge in [-0.1, -0.05) is 23.2 Å². The first kappa shape index (κ1) is 24.3. The maximum atomic E-state index is 15.2. The molecule has 180 valence electrons. The van der Waals surface area contributed by atoms with E-state index in [-0.39, 0.29) is 45.3 Å². The Morgan fingerprint density at radius 1 is 1.29 bits per heavy atom. The van der Waals surface area contributed by atoms with Crippen LogP contribution in [0.4, 0.5) is 20.6 Å². The number of fused-ring (bicyclic) bond motifs is 2. The van der Waals surface area contributed by atoms with Crippen molar-refractivity contribution in [1.82, 2.24) is 5.32 Å². The Balaban J connectivity index is 1.53. The molecule has 0 bridgehead atoms. The number of halogens is 3. The van der Waals surface area contributed by atoms with Crippen LogP contribution in [0.3, 0.4) is 0 Å². The molecule has 0 aromatic heterocycles. The zero-order valence-electron chi connectivity index (χ0n) is 18.0. The van der Waals surface area contributed by atoms with E-state index in [2.05, 4.69) is 20.6 Å².